The Morgan fingerprint density at radius 1 is 1.67 bits per heavy atom. The molecule has 1 aliphatic rings. The topological polar surface area (TPSA) is 12.4 Å². The Morgan fingerprint density at radius 2 is 2.00 bits per heavy atom. The van der Waals surface area contributed by atoms with Gasteiger partial charge in [-0.25, -0.2) is 0 Å². The first-order chi connectivity index (χ1) is 2.71. The maximum Gasteiger partial charge on any atom is -0.0809 e. The second kappa shape index (κ2) is 0.780. The lowest BCUT2D eigenvalue weighted by atomic mass is 9.91. The van der Waals surface area contributed by atoms with Gasteiger partial charge in [0.25, 0.3) is 0 Å². The molecule has 0 aromatic heterocycles. The van der Waals surface area contributed by atoms with E-state index in [4.69, 9.17) is 0 Å². The molecule has 0 bridgehead atoms. The molecule has 0 unspecified atom stereocenters. The van der Waals surface area contributed by atoms with E-state index in [2.05, 4.69) is 18.8 Å². The van der Waals surface area contributed by atoms with Crippen LogP contribution in [0.15, 0.2) is 4.99 Å². The van der Waals surface area contributed by atoms with Crippen LogP contribution in [0.5, 0.6) is 0 Å². The van der Waals surface area contributed by atoms with Gasteiger partial charge in [0.2, 0.25) is 0 Å². The zero-order valence-corrected chi connectivity index (χ0v) is 4.10. The lowest BCUT2D eigenvalue weighted by molar-refractivity contribution is 0.582. The molecule has 1 rings (SSSR count). The molecule has 1 nitrogen and oxygen atoms in total. The van der Waals surface area contributed by atoms with Gasteiger partial charge in [-0.3, -0.25) is 0 Å². The normalized spacial score (nSPS) is 25.0. The molecule has 0 amide bonds. The smallest absolute Gasteiger partial charge is 0.0809 e. The minimum absolute atomic E-state index is 0.306. The van der Waals surface area contributed by atoms with Gasteiger partial charge < -0.3 is 4.99 Å². The van der Waals surface area contributed by atoms with Crippen molar-refractivity contribution in [1.29, 1.82) is 0 Å². The van der Waals surface area contributed by atoms with Crippen molar-refractivity contribution in [3.63, 3.8) is 0 Å². The summed E-state index contributed by atoms with van der Waals surface area (Å²) in [6, 6.07) is 0. The van der Waals surface area contributed by atoms with Crippen molar-refractivity contribution in [2.45, 2.75) is 13.8 Å². The second-order valence-electron chi connectivity index (χ2n) is 2.23. The fraction of sp³-hybridized carbons (Fsp3) is 0.600. The Kier molecular flexibility index (Phi) is 0.484. The van der Waals surface area contributed by atoms with E-state index in [1.54, 1.807) is 0 Å². The Balaban J connectivity index is 2.57. The minimum atomic E-state index is 0.306. The number of hydrogen-bond acceptors (Lipinski definition) is 1. The Morgan fingerprint density at radius 3 is 2.00 bits per heavy atom. The van der Waals surface area contributed by atoms with E-state index in [1.165, 1.54) is 0 Å². The highest BCUT2D eigenvalue weighted by Crippen LogP contribution is 2.23. The molecular weight excluding hydrogens is 74.1 g/mol. The standard InChI is InChI=1S/C5H8N/c1-5(2)3-6-4-5/h3-4H,1-2H3/q-1. The van der Waals surface area contributed by atoms with Crippen LogP contribution in [0.1, 0.15) is 13.8 Å². The molecule has 6 heavy (non-hydrogen) atoms. The van der Waals surface area contributed by atoms with Crippen molar-refractivity contribution in [3.8, 4) is 0 Å². The van der Waals surface area contributed by atoms with Gasteiger partial charge in [-0.15, -0.1) is 0 Å². The summed E-state index contributed by atoms with van der Waals surface area (Å²) in [5.41, 5.74) is 0.306. The highest BCUT2D eigenvalue weighted by Gasteiger charge is 2.06. The maximum atomic E-state index is 3.82. The van der Waals surface area contributed by atoms with Crippen molar-refractivity contribution in [3.05, 3.63) is 6.54 Å². The Bertz CT molecular complexity index is 81.9. The van der Waals surface area contributed by atoms with Crippen molar-refractivity contribution in [2.75, 3.05) is 0 Å². The maximum absolute atomic E-state index is 3.82. The van der Waals surface area contributed by atoms with Crippen LogP contribution in [0.2, 0.25) is 0 Å². The van der Waals surface area contributed by atoms with E-state index in [-0.39, 0.29) is 0 Å². The van der Waals surface area contributed by atoms with Gasteiger partial charge in [-0.1, -0.05) is 19.3 Å². The SMILES string of the molecule is CC1(C)C=N[CH-]1. The first-order valence-electron chi connectivity index (χ1n) is 2.09. The molecule has 0 aromatic carbocycles. The molecule has 0 spiro atoms. The summed E-state index contributed by atoms with van der Waals surface area (Å²) in [4.78, 5) is 3.82. The van der Waals surface area contributed by atoms with E-state index in [1.807, 2.05) is 12.8 Å². The zero-order chi connectivity index (χ0) is 4.62. The summed E-state index contributed by atoms with van der Waals surface area (Å²) in [7, 11) is 0. The molecular formula is C5H8N-. The monoisotopic (exact) mass is 82.1 g/mol. The molecule has 34 valence electrons. The van der Waals surface area contributed by atoms with E-state index < -0.39 is 0 Å². The van der Waals surface area contributed by atoms with E-state index in [0.29, 0.717) is 5.41 Å². The van der Waals surface area contributed by atoms with E-state index in [9.17, 15) is 0 Å². The van der Waals surface area contributed by atoms with Crippen LogP contribution in [-0.2, 0) is 0 Å². The first-order valence-corrected chi connectivity index (χ1v) is 2.09. The molecule has 0 N–H and O–H groups in total. The summed E-state index contributed by atoms with van der Waals surface area (Å²) in [6.45, 7) is 6.19. The number of hydrogen-bond donors (Lipinski definition) is 0. The third-order valence-electron chi connectivity index (χ3n) is 0.815. The number of rotatable bonds is 0. The lowest BCUT2D eigenvalue weighted by Gasteiger charge is -2.36. The van der Waals surface area contributed by atoms with Crippen molar-refractivity contribution < 1.29 is 0 Å². The van der Waals surface area contributed by atoms with Crippen LogP contribution in [-0.4, -0.2) is 6.21 Å². The average Bonchev–Trinajstić information content (AvgIpc) is 1.32. The molecule has 0 atom stereocenters. The van der Waals surface area contributed by atoms with E-state index in [0.717, 1.165) is 0 Å². The third kappa shape index (κ3) is 0.402. The van der Waals surface area contributed by atoms with Gasteiger partial charge in [-0.2, -0.15) is 12.8 Å². The van der Waals surface area contributed by atoms with Gasteiger partial charge in [-0.05, 0) is 0 Å². The van der Waals surface area contributed by atoms with Crippen molar-refractivity contribution in [2.24, 2.45) is 10.4 Å². The van der Waals surface area contributed by atoms with Crippen LogP contribution >= 0.6 is 0 Å². The fourth-order valence-corrected chi connectivity index (χ4v) is 0.373. The number of nitrogens with zero attached hydrogens (tertiary/aromatic N) is 1. The van der Waals surface area contributed by atoms with Crippen molar-refractivity contribution >= 4 is 6.21 Å². The van der Waals surface area contributed by atoms with Gasteiger partial charge in [0, 0.05) is 0 Å². The zero-order valence-electron chi connectivity index (χ0n) is 4.10. The predicted octanol–water partition coefficient (Wildman–Crippen LogP) is 1.26. The predicted molar refractivity (Wildman–Crippen MR) is 26.6 cm³/mol. The Labute approximate surface area is 38.1 Å². The molecule has 1 heteroatoms. The summed E-state index contributed by atoms with van der Waals surface area (Å²) in [6.07, 6.45) is 1.94. The van der Waals surface area contributed by atoms with E-state index >= 15 is 0 Å². The summed E-state index contributed by atoms with van der Waals surface area (Å²) < 4.78 is 0. The third-order valence-corrected chi connectivity index (χ3v) is 0.815. The molecule has 0 fully saturated rings. The van der Waals surface area contributed by atoms with Gasteiger partial charge in [0.1, 0.15) is 0 Å². The quantitative estimate of drug-likeness (QED) is 0.390. The summed E-state index contributed by atoms with van der Waals surface area (Å²) in [5.74, 6) is 0. The summed E-state index contributed by atoms with van der Waals surface area (Å²) in [5, 5.41) is 0. The molecule has 0 saturated carbocycles. The van der Waals surface area contributed by atoms with Gasteiger partial charge in [0.15, 0.2) is 0 Å². The van der Waals surface area contributed by atoms with Crippen LogP contribution in [0.3, 0.4) is 0 Å². The first kappa shape index (κ1) is 3.72. The summed E-state index contributed by atoms with van der Waals surface area (Å²) >= 11 is 0. The number of aliphatic imine (C=N–C) groups is 1. The fourth-order valence-electron chi connectivity index (χ4n) is 0.373. The van der Waals surface area contributed by atoms with Crippen molar-refractivity contribution in [1.82, 2.24) is 0 Å². The van der Waals surface area contributed by atoms with Gasteiger partial charge in [0.05, 0.1) is 0 Å². The molecule has 0 radical (unpaired) electrons. The lowest BCUT2D eigenvalue weighted by Crippen LogP contribution is -2.20. The van der Waals surface area contributed by atoms with Crippen LogP contribution in [0.4, 0.5) is 0 Å². The minimum Gasteiger partial charge on any atom is -0.459 e. The molecule has 0 aliphatic carbocycles. The second-order valence-corrected chi connectivity index (χ2v) is 2.23. The van der Waals surface area contributed by atoms with Crippen LogP contribution < -0.4 is 0 Å². The average molecular weight is 82.1 g/mol. The molecule has 0 aromatic rings. The largest absolute Gasteiger partial charge is 0.459 e. The highest BCUT2D eigenvalue weighted by molar-refractivity contribution is 5.73. The highest BCUT2D eigenvalue weighted by atomic mass is 14.8. The van der Waals surface area contributed by atoms with Crippen LogP contribution in [0.25, 0.3) is 0 Å². The Hall–Kier alpha value is -0.460. The molecule has 0 saturated heterocycles. The molecule has 1 aliphatic heterocycles. The van der Waals surface area contributed by atoms with Crippen LogP contribution in [0, 0.1) is 12.0 Å². The molecule has 1 heterocycles. The van der Waals surface area contributed by atoms with Gasteiger partial charge >= 0.3 is 0 Å².